The minimum absolute atomic E-state index is 0.486. The van der Waals surface area contributed by atoms with Crippen LogP contribution in [0.2, 0.25) is 0 Å². The quantitative estimate of drug-likeness (QED) is 0.806. The summed E-state index contributed by atoms with van der Waals surface area (Å²) in [6.07, 6.45) is 5.61. The number of rotatable bonds is 6. The molecule has 0 bridgehead atoms. The van der Waals surface area contributed by atoms with E-state index in [-0.39, 0.29) is 0 Å². The Labute approximate surface area is 98.5 Å². The van der Waals surface area contributed by atoms with Crippen molar-refractivity contribution in [2.75, 3.05) is 0 Å². The molecule has 1 atom stereocenters. The van der Waals surface area contributed by atoms with Gasteiger partial charge in [0.05, 0.1) is 17.3 Å². The molecule has 16 heavy (non-hydrogen) atoms. The number of aromatic nitrogens is 2. The molecular weight excluding hydrogens is 200 g/mol. The summed E-state index contributed by atoms with van der Waals surface area (Å²) in [6.45, 7) is 8.22. The van der Waals surface area contributed by atoms with Crippen LogP contribution in [0.25, 0.3) is 0 Å². The monoisotopic (exact) mass is 224 g/mol. The molecule has 0 aliphatic carbocycles. The Bertz CT molecular complexity index is 313. The molecule has 0 fully saturated rings. The highest BCUT2D eigenvalue weighted by atomic mass is 16.3. The van der Waals surface area contributed by atoms with Crippen molar-refractivity contribution in [2.45, 2.75) is 65.0 Å². The maximum Gasteiger partial charge on any atom is 0.0673 e. The van der Waals surface area contributed by atoms with Gasteiger partial charge in [-0.25, -0.2) is 0 Å². The fourth-order valence-electron chi connectivity index (χ4n) is 1.85. The van der Waals surface area contributed by atoms with Crippen LogP contribution in [-0.2, 0) is 6.42 Å². The van der Waals surface area contributed by atoms with Gasteiger partial charge >= 0.3 is 0 Å². The van der Waals surface area contributed by atoms with Crippen LogP contribution < -0.4 is 0 Å². The lowest BCUT2D eigenvalue weighted by Gasteiger charge is -2.19. The van der Waals surface area contributed by atoms with E-state index < -0.39 is 5.60 Å². The van der Waals surface area contributed by atoms with Crippen molar-refractivity contribution in [1.82, 2.24) is 9.78 Å². The lowest BCUT2D eigenvalue weighted by molar-refractivity contribution is 0.0552. The summed E-state index contributed by atoms with van der Waals surface area (Å²) < 4.78 is 2.03. The maximum absolute atomic E-state index is 9.99. The fourth-order valence-corrected chi connectivity index (χ4v) is 1.85. The largest absolute Gasteiger partial charge is 0.390 e. The smallest absolute Gasteiger partial charge is 0.0673 e. The van der Waals surface area contributed by atoms with Crippen LogP contribution in [0, 0.1) is 0 Å². The third kappa shape index (κ3) is 3.34. The van der Waals surface area contributed by atoms with Crippen LogP contribution >= 0.6 is 0 Å². The summed E-state index contributed by atoms with van der Waals surface area (Å²) in [5, 5.41) is 14.5. The van der Waals surface area contributed by atoms with Gasteiger partial charge in [0, 0.05) is 12.6 Å². The van der Waals surface area contributed by atoms with Gasteiger partial charge < -0.3 is 5.11 Å². The third-order valence-electron chi connectivity index (χ3n) is 3.30. The van der Waals surface area contributed by atoms with E-state index in [1.807, 2.05) is 30.8 Å². The van der Waals surface area contributed by atoms with Gasteiger partial charge in [0.2, 0.25) is 0 Å². The van der Waals surface area contributed by atoms with Crippen LogP contribution in [0.15, 0.2) is 12.3 Å². The topological polar surface area (TPSA) is 38.0 Å². The summed E-state index contributed by atoms with van der Waals surface area (Å²) >= 11 is 0. The maximum atomic E-state index is 9.99. The molecule has 0 aliphatic rings. The van der Waals surface area contributed by atoms with Crippen LogP contribution in [0.4, 0.5) is 0 Å². The van der Waals surface area contributed by atoms with Crippen molar-refractivity contribution in [3.8, 4) is 0 Å². The van der Waals surface area contributed by atoms with E-state index in [0.29, 0.717) is 12.5 Å². The molecule has 0 amide bonds. The Morgan fingerprint density at radius 1 is 1.38 bits per heavy atom. The van der Waals surface area contributed by atoms with Crippen LogP contribution in [0.5, 0.6) is 0 Å². The van der Waals surface area contributed by atoms with Crippen LogP contribution in [0.3, 0.4) is 0 Å². The van der Waals surface area contributed by atoms with Crippen molar-refractivity contribution in [2.24, 2.45) is 0 Å². The van der Waals surface area contributed by atoms with Crippen LogP contribution in [0.1, 0.15) is 58.7 Å². The van der Waals surface area contributed by atoms with Crippen molar-refractivity contribution in [3.63, 3.8) is 0 Å². The average molecular weight is 224 g/mol. The SMILES string of the molecule is CCC(CC)n1ccc(CC(C)(O)CC)n1. The zero-order chi connectivity index (χ0) is 12.2. The average Bonchev–Trinajstić information content (AvgIpc) is 2.68. The van der Waals surface area contributed by atoms with E-state index >= 15 is 0 Å². The lowest BCUT2D eigenvalue weighted by Crippen LogP contribution is -2.26. The zero-order valence-electron chi connectivity index (χ0n) is 10.9. The van der Waals surface area contributed by atoms with Gasteiger partial charge in [0.15, 0.2) is 0 Å². The Hall–Kier alpha value is -0.830. The first-order chi connectivity index (χ1) is 7.52. The molecule has 3 heteroatoms. The first-order valence-corrected chi connectivity index (χ1v) is 6.28. The minimum Gasteiger partial charge on any atom is -0.390 e. The summed E-state index contributed by atoms with van der Waals surface area (Å²) in [6, 6.07) is 2.50. The minimum atomic E-state index is -0.632. The van der Waals surface area contributed by atoms with Gasteiger partial charge in [0.25, 0.3) is 0 Å². The second-order valence-corrected chi connectivity index (χ2v) is 4.78. The molecule has 1 aromatic heterocycles. The van der Waals surface area contributed by atoms with Crippen molar-refractivity contribution in [3.05, 3.63) is 18.0 Å². The van der Waals surface area contributed by atoms with Gasteiger partial charge in [0.1, 0.15) is 0 Å². The molecule has 0 aromatic carbocycles. The lowest BCUT2D eigenvalue weighted by atomic mass is 9.97. The number of hydrogen-bond donors (Lipinski definition) is 1. The molecule has 1 unspecified atom stereocenters. The summed E-state index contributed by atoms with van der Waals surface area (Å²) in [4.78, 5) is 0. The van der Waals surface area contributed by atoms with Crippen molar-refractivity contribution < 1.29 is 5.11 Å². The Morgan fingerprint density at radius 3 is 2.50 bits per heavy atom. The van der Waals surface area contributed by atoms with Gasteiger partial charge in [-0.05, 0) is 32.3 Å². The number of nitrogens with zero attached hydrogens (tertiary/aromatic N) is 2. The van der Waals surface area contributed by atoms with Crippen LogP contribution in [-0.4, -0.2) is 20.5 Å². The summed E-state index contributed by atoms with van der Waals surface area (Å²) in [5.41, 5.74) is 0.353. The molecule has 1 rings (SSSR count). The molecule has 1 heterocycles. The van der Waals surface area contributed by atoms with Gasteiger partial charge in [-0.15, -0.1) is 0 Å². The molecule has 1 aromatic rings. The van der Waals surface area contributed by atoms with E-state index in [2.05, 4.69) is 18.9 Å². The molecule has 0 saturated carbocycles. The Balaban J connectivity index is 2.71. The zero-order valence-corrected chi connectivity index (χ0v) is 10.9. The molecule has 92 valence electrons. The normalized spacial score (nSPS) is 15.4. The van der Waals surface area contributed by atoms with E-state index in [1.54, 1.807) is 0 Å². The van der Waals surface area contributed by atoms with E-state index in [0.717, 1.165) is 25.0 Å². The molecule has 0 saturated heterocycles. The molecule has 0 spiro atoms. The van der Waals surface area contributed by atoms with E-state index in [9.17, 15) is 5.11 Å². The molecule has 0 radical (unpaired) electrons. The van der Waals surface area contributed by atoms with Crippen molar-refractivity contribution >= 4 is 0 Å². The first kappa shape index (κ1) is 13.2. The fraction of sp³-hybridized carbons (Fsp3) is 0.769. The second kappa shape index (κ2) is 5.48. The molecular formula is C13H24N2O. The predicted molar refractivity (Wildman–Crippen MR) is 66.5 cm³/mol. The standard InChI is InChI=1S/C13H24N2O/c1-5-12(6-2)15-9-8-11(14-15)10-13(4,16)7-3/h8-9,12,16H,5-7,10H2,1-4H3. The summed E-state index contributed by atoms with van der Waals surface area (Å²) in [5.74, 6) is 0. The molecule has 3 nitrogen and oxygen atoms in total. The highest BCUT2D eigenvalue weighted by molar-refractivity contribution is 5.03. The van der Waals surface area contributed by atoms with Gasteiger partial charge in [-0.2, -0.15) is 5.10 Å². The predicted octanol–water partition coefficient (Wildman–Crippen LogP) is 2.95. The molecule has 1 N–H and O–H groups in total. The van der Waals surface area contributed by atoms with Crippen molar-refractivity contribution in [1.29, 1.82) is 0 Å². The first-order valence-electron chi connectivity index (χ1n) is 6.28. The summed E-state index contributed by atoms with van der Waals surface area (Å²) in [7, 11) is 0. The highest BCUT2D eigenvalue weighted by Crippen LogP contribution is 2.18. The highest BCUT2D eigenvalue weighted by Gasteiger charge is 2.20. The van der Waals surface area contributed by atoms with E-state index in [1.165, 1.54) is 0 Å². The van der Waals surface area contributed by atoms with E-state index in [4.69, 9.17) is 0 Å². The second-order valence-electron chi connectivity index (χ2n) is 4.78. The van der Waals surface area contributed by atoms with Gasteiger partial charge in [-0.3, -0.25) is 4.68 Å². The third-order valence-corrected chi connectivity index (χ3v) is 3.30. The Kier molecular flexibility index (Phi) is 4.54. The number of aliphatic hydroxyl groups is 1. The molecule has 0 aliphatic heterocycles. The number of hydrogen-bond acceptors (Lipinski definition) is 2. The Morgan fingerprint density at radius 2 is 2.00 bits per heavy atom. The van der Waals surface area contributed by atoms with Gasteiger partial charge in [-0.1, -0.05) is 20.8 Å².